The highest BCUT2D eigenvalue weighted by Crippen LogP contribution is 2.45. The molecular formula is C21H19F3N2O2. The average Bonchev–Trinajstić information content (AvgIpc) is 2.66. The number of hydrogen-bond acceptors (Lipinski definition) is 4. The Bertz CT molecular complexity index is 1000. The predicted molar refractivity (Wildman–Crippen MR) is 101 cm³/mol. The van der Waals surface area contributed by atoms with Gasteiger partial charge >= 0.3 is 6.18 Å². The Morgan fingerprint density at radius 1 is 1.14 bits per heavy atom. The molecule has 0 saturated heterocycles. The summed E-state index contributed by atoms with van der Waals surface area (Å²) in [6.45, 7) is 3.70. The fourth-order valence-electron chi connectivity index (χ4n) is 3.32. The first-order valence-corrected chi connectivity index (χ1v) is 8.99. The topological polar surface area (TPSA) is 43.4 Å². The minimum Gasteiger partial charge on any atom is -0.488 e. The normalized spacial score (nSPS) is 16.4. The first-order chi connectivity index (χ1) is 13.3. The molecule has 0 amide bonds. The van der Waals surface area contributed by atoms with Crippen LogP contribution in [0.3, 0.4) is 0 Å². The van der Waals surface area contributed by atoms with E-state index in [1.807, 2.05) is 30.3 Å². The van der Waals surface area contributed by atoms with Gasteiger partial charge in [0.2, 0.25) is 5.88 Å². The van der Waals surface area contributed by atoms with Gasteiger partial charge in [0.05, 0.1) is 34.3 Å². The van der Waals surface area contributed by atoms with Crippen LogP contribution in [0.4, 0.5) is 18.9 Å². The zero-order valence-electron chi connectivity index (χ0n) is 15.4. The Morgan fingerprint density at radius 3 is 2.57 bits per heavy atom. The van der Waals surface area contributed by atoms with Crippen LogP contribution in [0.5, 0.6) is 11.6 Å². The van der Waals surface area contributed by atoms with E-state index in [9.17, 15) is 13.2 Å². The molecule has 146 valence electrons. The number of halogens is 3. The zero-order chi connectivity index (χ0) is 19.9. The van der Waals surface area contributed by atoms with Gasteiger partial charge in [0.25, 0.3) is 0 Å². The highest BCUT2D eigenvalue weighted by Gasteiger charge is 2.36. The number of hydrogen-bond donors (Lipinski definition) is 1. The number of aromatic nitrogens is 1. The molecule has 4 rings (SSSR count). The van der Waals surface area contributed by atoms with Crippen molar-refractivity contribution in [3.05, 3.63) is 59.7 Å². The van der Waals surface area contributed by atoms with Gasteiger partial charge in [0.15, 0.2) is 5.75 Å². The van der Waals surface area contributed by atoms with Crippen LogP contribution in [0.25, 0.3) is 10.9 Å². The molecule has 1 aliphatic rings. The molecular weight excluding hydrogens is 369 g/mol. The highest BCUT2D eigenvalue weighted by molar-refractivity contribution is 5.95. The van der Waals surface area contributed by atoms with Crippen LogP contribution in [0.15, 0.2) is 48.5 Å². The van der Waals surface area contributed by atoms with Crippen molar-refractivity contribution < 1.29 is 22.6 Å². The van der Waals surface area contributed by atoms with Crippen molar-refractivity contribution in [2.75, 3.05) is 11.9 Å². The van der Waals surface area contributed by atoms with Crippen molar-refractivity contribution in [3.63, 3.8) is 0 Å². The summed E-state index contributed by atoms with van der Waals surface area (Å²) in [5.41, 5.74) is 0.884. The second-order valence-electron chi connectivity index (χ2n) is 6.93. The summed E-state index contributed by atoms with van der Waals surface area (Å²) in [6, 6.07) is 13.7. The largest absolute Gasteiger partial charge is 0.488 e. The summed E-state index contributed by atoms with van der Waals surface area (Å²) >= 11 is 0. The number of nitrogens with one attached hydrogen (secondary N) is 1. The molecule has 0 aliphatic carbocycles. The number of ether oxygens (including phenoxy) is 2. The molecule has 4 nitrogen and oxygen atoms in total. The Morgan fingerprint density at radius 2 is 1.89 bits per heavy atom. The van der Waals surface area contributed by atoms with Crippen molar-refractivity contribution in [3.8, 4) is 11.6 Å². The lowest BCUT2D eigenvalue weighted by Crippen LogP contribution is -2.24. The smallest absolute Gasteiger partial charge is 0.417 e. The fraction of sp³-hybridized carbons (Fsp3) is 0.286. The SMILES string of the molecule is CC(C)Oc1cc(C(F)(F)F)c2c3c(ccc2n1)N[C@H](c1ccccc1)CO3. The molecule has 0 saturated carbocycles. The first-order valence-electron chi connectivity index (χ1n) is 8.99. The van der Waals surface area contributed by atoms with E-state index in [2.05, 4.69) is 10.3 Å². The van der Waals surface area contributed by atoms with Crippen molar-refractivity contribution in [1.29, 1.82) is 0 Å². The molecule has 0 fully saturated rings. The number of anilines is 1. The van der Waals surface area contributed by atoms with Crippen molar-refractivity contribution in [2.24, 2.45) is 0 Å². The summed E-state index contributed by atoms with van der Waals surface area (Å²) in [4.78, 5) is 4.24. The minimum absolute atomic E-state index is 0.0549. The molecule has 1 atom stereocenters. The molecule has 0 bridgehead atoms. The number of benzene rings is 2. The Balaban J connectivity index is 1.82. The summed E-state index contributed by atoms with van der Waals surface area (Å²) in [5.74, 6) is 0.112. The lowest BCUT2D eigenvalue weighted by molar-refractivity contribution is -0.136. The van der Waals surface area contributed by atoms with Gasteiger partial charge in [-0.25, -0.2) is 4.98 Å². The molecule has 1 aromatic heterocycles. The first kappa shape index (κ1) is 18.4. The molecule has 28 heavy (non-hydrogen) atoms. The van der Waals surface area contributed by atoms with Gasteiger partial charge < -0.3 is 14.8 Å². The monoisotopic (exact) mass is 388 g/mol. The maximum atomic E-state index is 13.8. The van der Waals surface area contributed by atoms with Gasteiger partial charge in [-0.2, -0.15) is 13.2 Å². The lowest BCUT2D eigenvalue weighted by atomic mass is 10.0. The second-order valence-corrected chi connectivity index (χ2v) is 6.93. The molecule has 2 aromatic carbocycles. The van der Waals surface area contributed by atoms with Crippen LogP contribution < -0.4 is 14.8 Å². The number of rotatable bonds is 3. The maximum Gasteiger partial charge on any atom is 0.417 e. The average molecular weight is 388 g/mol. The molecule has 0 unspecified atom stereocenters. The number of pyridine rings is 1. The molecule has 0 radical (unpaired) electrons. The minimum atomic E-state index is -4.56. The third-order valence-electron chi connectivity index (χ3n) is 4.49. The summed E-state index contributed by atoms with van der Waals surface area (Å²) in [5, 5.41) is 3.22. The van der Waals surface area contributed by atoms with Crippen LogP contribution in [0, 0.1) is 0 Å². The van der Waals surface area contributed by atoms with Gasteiger partial charge in [-0.3, -0.25) is 0 Å². The van der Waals surface area contributed by atoms with E-state index in [0.717, 1.165) is 11.6 Å². The van der Waals surface area contributed by atoms with Gasteiger partial charge in [-0.1, -0.05) is 30.3 Å². The molecule has 2 heterocycles. The standard InChI is InChI=1S/C21H19F3N2O2/c1-12(2)28-18-10-14(21(22,23)24)19-15(26-18)8-9-16-20(19)27-11-17(25-16)13-6-4-3-5-7-13/h3-10,12,17,25H,11H2,1-2H3/t17-/m0/s1. The molecule has 1 N–H and O–H groups in total. The number of alkyl halides is 3. The highest BCUT2D eigenvalue weighted by atomic mass is 19.4. The zero-order valence-corrected chi connectivity index (χ0v) is 15.4. The van der Waals surface area contributed by atoms with E-state index in [4.69, 9.17) is 9.47 Å². The predicted octanol–water partition coefficient (Wildman–Crippen LogP) is 5.59. The lowest BCUT2D eigenvalue weighted by Gasteiger charge is -2.29. The van der Waals surface area contributed by atoms with E-state index in [0.29, 0.717) is 5.69 Å². The van der Waals surface area contributed by atoms with Crippen LogP contribution >= 0.6 is 0 Å². The Kier molecular flexibility index (Phi) is 4.53. The molecule has 0 spiro atoms. The fourth-order valence-corrected chi connectivity index (χ4v) is 3.32. The quantitative estimate of drug-likeness (QED) is 0.636. The van der Waals surface area contributed by atoms with Gasteiger partial charge in [-0.05, 0) is 31.5 Å². The van der Waals surface area contributed by atoms with Crippen molar-refractivity contribution >= 4 is 16.6 Å². The number of fused-ring (bicyclic) bond motifs is 3. The second kappa shape index (κ2) is 6.89. The summed E-state index contributed by atoms with van der Waals surface area (Å²) in [7, 11) is 0. The Hall–Kier alpha value is -2.96. The number of nitrogens with zero attached hydrogens (tertiary/aromatic N) is 1. The van der Waals surface area contributed by atoms with Crippen molar-refractivity contribution in [1.82, 2.24) is 4.98 Å². The van der Waals surface area contributed by atoms with Gasteiger partial charge in [0.1, 0.15) is 6.61 Å². The van der Waals surface area contributed by atoms with Crippen LogP contribution in [-0.2, 0) is 6.18 Å². The van der Waals surface area contributed by atoms with E-state index < -0.39 is 11.7 Å². The molecule has 1 aliphatic heterocycles. The van der Waals surface area contributed by atoms with Crippen LogP contribution in [-0.4, -0.2) is 17.7 Å². The Labute approximate surface area is 160 Å². The molecule has 7 heteroatoms. The third-order valence-corrected chi connectivity index (χ3v) is 4.49. The van der Waals surface area contributed by atoms with Crippen LogP contribution in [0.2, 0.25) is 0 Å². The third kappa shape index (κ3) is 3.44. The van der Waals surface area contributed by atoms with E-state index in [-0.39, 0.29) is 41.3 Å². The van der Waals surface area contributed by atoms with E-state index in [1.54, 1.807) is 26.0 Å². The molecule has 3 aromatic rings. The maximum absolute atomic E-state index is 13.8. The van der Waals surface area contributed by atoms with Crippen molar-refractivity contribution in [2.45, 2.75) is 32.2 Å². The summed E-state index contributed by atoms with van der Waals surface area (Å²) < 4.78 is 52.6. The van der Waals surface area contributed by atoms with Gasteiger partial charge in [0, 0.05) is 6.07 Å². The van der Waals surface area contributed by atoms with Crippen LogP contribution in [0.1, 0.15) is 31.0 Å². The van der Waals surface area contributed by atoms with Gasteiger partial charge in [-0.15, -0.1) is 0 Å². The van der Waals surface area contributed by atoms with E-state index >= 15 is 0 Å². The van der Waals surface area contributed by atoms with E-state index in [1.165, 1.54) is 0 Å². The summed E-state index contributed by atoms with van der Waals surface area (Å²) in [6.07, 6.45) is -4.85.